The van der Waals surface area contributed by atoms with E-state index in [2.05, 4.69) is 31.1 Å². The molecular formula is C22H22BrN5O. The first-order chi connectivity index (χ1) is 14.2. The molecule has 2 aliphatic rings. The second-order valence-electron chi connectivity index (χ2n) is 7.78. The summed E-state index contributed by atoms with van der Waals surface area (Å²) in [5.41, 5.74) is 2.43. The molecule has 0 atom stereocenters. The van der Waals surface area contributed by atoms with Gasteiger partial charge in [0.2, 0.25) is 0 Å². The number of fused-ring (bicyclic) bond motifs is 1. The molecule has 7 heteroatoms. The van der Waals surface area contributed by atoms with E-state index < -0.39 is 0 Å². The number of ketones is 1. The van der Waals surface area contributed by atoms with Gasteiger partial charge < -0.3 is 10.2 Å². The third-order valence-corrected chi connectivity index (χ3v) is 6.36. The Hall–Kier alpha value is -2.54. The Labute approximate surface area is 177 Å². The molecule has 29 heavy (non-hydrogen) atoms. The van der Waals surface area contributed by atoms with Gasteiger partial charge in [-0.05, 0) is 37.8 Å². The van der Waals surface area contributed by atoms with E-state index >= 15 is 0 Å². The molecule has 148 valence electrons. The average Bonchev–Trinajstić information content (AvgIpc) is 3.57. The number of hydrogen-bond acceptors (Lipinski definition) is 6. The maximum atomic E-state index is 13.0. The fourth-order valence-electron chi connectivity index (χ4n) is 3.87. The van der Waals surface area contributed by atoms with Crippen molar-refractivity contribution < 1.29 is 4.79 Å². The van der Waals surface area contributed by atoms with Crippen LogP contribution in [0.15, 0.2) is 47.2 Å². The number of benzene rings is 1. The molecular weight excluding hydrogens is 430 g/mol. The topological polar surface area (TPSA) is 71.0 Å². The van der Waals surface area contributed by atoms with Gasteiger partial charge in [0.05, 0.1) is 11.7 Å². The van der Waals surface area contributed by atoms with Gasteiger partial charge in [-0.2, -0.15) is 0 Å². The van der Waals surface area contributed by atoms with Gasteiger partial charge in [-0.15, -0.1) is 0 Å². The number of piperidine rings is 1. The van der Waals surface area contributed by atoms with Crippen molar-refractivity contribution >= 4 is 44.4 Å². The van der Waals surface area contributed by atoms with Gasteiger partial charge in [0.1, 0.15) is 5.52 Å². The third kappa shape index (κ3) is 3.83. The normalized spacial score (nSPS) is 17.5. The highest BCUT2D eigenvalue weighted by atomic mass is 79.9. The lowest BCUT2D eigenvalue weighted by Gasteiger charge is -2.33. The number of carbonyl (C=O) groups excluding carboxylic acids is 1. The van der Waals surface area contributed by atoms with Crippen molar-refractivity contribution in [2.75, 3.05) is 23.3 Å². The fraction of sp³-hybridized carbons (Fsp3) is 0.364. The maximum absolute atomic E-state index is 13.0. The van der Waals surface area contributed by atoms with Gasteiger partial charge in [0.25, 0.3) is 0 Å². The summed E-state index contributed by atoms with van der Waals surface area (Å²) >= 11 is 3.51. The molecule has 6 nitrogen and oxygen atoms in total. The predicted octanol–water partition coefficient (Wildman–Crippen LogP) is 4.46. The molecule has 0 unspecified atom stereocenters. The summed E-state index contributed by atoms with van der Waals surface area (Å²) < 4.78 is 0.872. The fourth-order valence-corrected chi connectivity index (χ4v) is 4.35. The van der Waals surface area contributed by atoms with Crippen LogP contribution in [-0.2, 0) is 0 Å². The summed E-state index contributed by atoms with van der Waals surface area (Å²) in [6.07, 6.45) is 7.49. The maximum Gasteiger partial charge on any atom is 0.172 e. The monoisotopic (exact) mass is 451 g/mol. The molecule has 0 radical (unpaired) electrons. The molecule has 1 aliphatic heterocycles. The van der Waals surface area contributed by atoms with Crippen LogP contribution in [0.5, 0.6) is 0 Å². The van der Waals surface area contributed by atoms with E-state index in [4.69, 9.17) is 9.97 Å². The molecule has 1 saturated heterocycles. The number of nitrogens with zero attached hydrogens (tertiary/aromatic N) is 4. The van der Waals surface area contributed by atoms with Gasteiger partial charge in [0.15, 0.2) is 17.4 Å². The Bertz CT molecular complexity index is 1060. The zero-order valence-electron chi connectivity index (χ0n) is 16.0. The number of hydrogen-bond donors (Lipinski definition) is 1. The number of anilines is 2. The molecule has 0 bridgehead atoms. The third-order valence-electron chi connectivity index (χ3n) is 5.67. The number of Topliss-reactive ketones (excluding diaryl/α,β-unsaturated/α-hetero) is 1. The number of nitrogens with one attached hydrogen (secondary N) is 1. The largest absolute Gasteiger partial charge is 0.364 e. The van der Waals surface area contributed by atoms with E-state index in [1.807, 2.05) is 30.3 Å². The summed E-state index contributed by atoms with van der Waals surface area (Å²) in [6, 6.07) is 10.1. The van der Waals surface area contributed by atoms with Crippen molar-refractivity contribution in [2.45, 2.75) is 31.7 Å². The summed E-state index contributed by atoms with van der Waals surface area (Å²) in [4.78, 5) is 29.1. The molecule has 3 heterocycles. The number of carbonyl (C=O) groups is 1. The van der Waals surface area contributed by atoms with Gasteiger partial charge in [0, 0.05) is 41.3 Å². The Morgan fingerprint density at radius 3 is 2.59 bits per heavy atom. The van der Waals surface area contributed by atoms with Gasteiger partial charge in [-0.3, -0.25) is 9.78 Å². The number of rotatable bonds is 5. The van der Waals surface area contributed by atoms with Crippen molar-refractivity contribution in [1.82, 2.24) is 15.0 Å². The summed E-state index contributed by atoms with van der Waals surface area (Å²) in [5.74, 6) is 1.99. The second-order valence-corrected chi connectivity index (χ2v) is 8.64. The zero-order valence-corrected chi connectivity index (χ0v) is 17.6. The van der Waals surface area contributed by atoms with Gasteiger partial charge in [-0.1, -0.05) is 34.1 Å². The molecule has 3 aromatic rings. The number of pyridine rings is 1. The highest BCUT2D eigenvalue weighted by molar-refractivity contribution is 9.10. The number of aromatic nitrogens is 3. The zero-order chi connectivity index (χ0) is 19.8. The standard InChI is InChI=1S/C22H22BrN5O/c23-17-4-2-1-3-16(17)20(29)14-8-11-28(12-9-14)22-21(25-15-5-6-15)26-18-7-10-24-13-19(18)27-22/h1-4,7,10,13-15H,5-6,8-9,11-12H2,(H,25,26). The van der Waals surface area contributed by atoms with Crippen LogP contribution >= 0.6 is 15.9 Å². The summed E-state index contributed by atoms with van der Waals surface area (Å²) in [7, 11) is 0. The average molecular weight is 452 g/mol. The Morgan fingerprint density at radius 2 is 1.83 bits per heavy atom. The minimum atomic E-state index is 0.0415. The quantitative estimate of drug-likeness (QED) is 0.577. The highest BCUT2D eigenvalue weighted by Gasteiger charge is 2.30. The van der Waals surface area contributed by atoms with Crippen LogP contribution in [-0.4, -0.2) is 39.9 Å². The van der Waals surface area contributed by atoms with Crippen molar-refractivity contribution in [3.63, 3.8) is 0 Å². The molecule has 0 spiro atoms. The van der Waals surface area contributed by atoms with Crippen LogP contribution in [0.3, 0.4) is 0 Å². The van der Waals surface area contributed by atoms with E-state index in [1.54, 1.807) is 12.4 Å². The van der Waals surface area contributed by atoms with E-state index in [9.17, 15) is 4.79 Å². The first-order valence-electron chi connectivity index (χ1n) is 10.1. The van der Waals surface area contributed by atoms with Crippen molar-refractivity contribution in [3.05, 3.63) is 52.8 Å². The minimum Gasteiger partial charge on any atom is -0.364 e. The van der Waals surface area contributed by atoms with Crippen molar-refractivity contribution in [1.29, 1.82) is 0 Å². The smallest absolute Gasteiger partial charge is 0.172 e. The first-order valence-corrected chi connectivity index (χ1v) is 10.9. The Morgan fingerprint density at radius 1 is 1.03 bits per heavy atom. The Balaban J connectivity index is 1.37. The van der Waals surface area contributed by atoms with Gasteiger partial charge >= 0.3 is 0 Å². The number of halogens is 1. The summed E-state index contributed by atoms with van der Waals surface area (Å²) in [5, 5.41) is 3.53. The molecule has 1 saturated carbocycles. The molecule has 1 N–H and O–H groups in total. The molecule has 2 fully saturated rings. The van der Waals surface area contributed by atoms with Crippen molar-refractivity contribution in [2.24, 2.45) is 5.92 Å². The SMILES string of the molecule is O=C(c1ccccc1Br)C1CCN(c2nc3cnccc3nc2NC2CC2)CC1. The lowest BCUT2D eigenvalue weighted by atomic mass is 9.89. The van der Waals surface area contributed by atoms with E-state index in [0.29, 0.717) is 6.04 Å². The van der Waals surface area contributed by atoms with Crippen molar-refractivity contribution in [3.8, 4) is 0 Å². The van der Waals surface area contributed by atoms with E-state index in [0.717, 1.165) is 58.6 Å². The van der Waals surface area contributed by atoms with Crippen LogP contribution in [0.2, 0.25) is 0 Å². The van der Waals surface area contributed by atoms with Crippen LogP contribution in [0.4, 0.5) is 11.6 Å². The molecule has 1 aliphatic carbocycles. The van der Waals surface area contributed by atoms with Gasteiger partial charge in [-0.25, -0.2) is 9.97 Å². The molecule has 2 aromatic heterocycles. The first kappa shape index (κ1) is 18.5. The second kappa shape index (κ2) is 7.71. The lowest BCUT2D eigenvalue weighted by molar-refractivity contribution is 0.0899. The van der Waals surface area contributed by atoms with Crippen LogP contribution in [0, 0.1) is 5.92 Å². The minimum absolute atomic E-state index is 0.0415. The van der Waals surface area contributed by atoms with Crippen LogP contribution in [0.1, 0.15) is 36.0 Å². The molecule has 1 aromatic carbocycles. The van der Waals surface area contributed by atoms with E-state index in [1.165, 1.54) is 12.8 Å². The predicted molar refractivity (Wildman–Crippen MR) is 117 cm³/mol. The molecule has 5 rings (SSSR count). The summed E-state index contributed by atoms with van der Waals surface area (Å²) in [6.45, 7) is 1.58. The highest BCUT2D eigenvalue weighted by Crippen LogP contribution is 2.33. The lowest BCUT2D eigenvalue weighted by Crippen LogP contribution is -2.37. The Kier molecular flexibility index (Phi) is 4.91. The molecule has 0 amide bonds. The van der Waals surface area contributed by atoms with Crippen LogP contribution < -0.4 is 10.2 Å². The van der Waals surface area contributed by atoms with E-state index in [-0.39, 0.29) is 11.7 Å². The van der Waals surface area contributed by atoms with Crippen LogP contribution in [0.25, 0.3) is 11.0 Å².